The Morgan fingerprint density at radius 2 is 1.67 bits per heavy atom. The minimum atomic E-state index is -1.06. The number of rotatable bonds is 9. The molecule has 1 N–H and O–H groups in total. The molecule has 2 atom stereocenters. The third-order valence-electron chi connectivity index (χ3n) is 6.79. The first-order chi connectivity index (χ1) is 18.7. The number of benzene rings is 3. The third-order valence-corrected chi connectivity index (χ3v) is 8.16. The monoisotopic (exact) mass is 551 g/mol. The fourth-order valence-corrected chi connectivity index (χ4v) is 6.13. The largest absolute Gasteiger partial charge is 0.482 e. The molecule has 0 bridgehead atoms. The maximum Gasteiger partial charge on any atom is 0.341 e. The second-order valence-electron chi connectivity index (χ2n) is 10.5. The standard InChI is InChI=1S/C30H30FNO6S/c1-29(2)17-37-30(38-18-29,21-6-4-3-5-7-21)19-39-27-26(20-8-14-24(15-9-20)36-16-25(33)34)32(28(27)35)23-12-10-22(31)11-13-23/h3-15,26-27H,16-19H2,1-2H3,(H,33,34)/t26-,27-/m1/s1. The molecule has 39 heavy (non-hydrogen) atoms. The first kappa shape index (κ1) is 27.2. The van der Waals surface area contributed by atoms with Crippen LogP contribution in [-0.2, 0) is 24.8 Å². The summed E-state index contributed by atoms with van der Waals surface area (Å²) in [6.45, 7) is 4.77. The number of ether oxygens (including phenoxy) is 3. The summed E-state index contributed by atoms with van der Waals surface area (Å²) >= 11 is 1.47. The van der Waals surface area contributed by atoms with Gasteiger partial charge in [-0.1, -0.05) is 56.3 Å². The number of thioether (sulfide) groups is 1. The van der Waals surface area contributed by atoms with E-state index in [1.54, 1.807) is 29.2 Å². The number of hydrogen-bond acceptors (Lipinski definition) is 6. The van der Waals surface area contributed by atoms with Crippen LogP contribution < -0.4 is 9.64 Å². The number of β-lactam (4-membered cyclic amide) rings is 1. The predicted molar refractivity (Wildman–Crippen MR) is 146 cm³/mol. The molecular formula is C30H30FNO6S. The number of carbonyl (C=O) groups is 2. The smallest absolute Gasteiger partial charge is 0.341 e. The number of carbonyl (C=O) groups excluding carboxylic acids is 1. The molecule has 0 saturated carbocycles. The van der Waals surface area contributed by atoms with Crippen LogP contribution in [0.5, 0.6) is 5.75 Å². The van der Waals surface area contributed by atoms with Gasteiger partial charge in [0.15, 0.2) is 6.61 Å². The van der Waals surface area contributed by atoms with Crippen LogP contribution in [0.4, 0.5) is 10.1 Å². The lowest BCUT2D eigenvalue weighted by molar-refractivity contribution is -0.295. The summed E-state index contributed by atoms with van der Waals surface area (Å²) in [5.41, 5.74) is 2.21. The lowest BCUT2D eigenvalue weighted by atomic mass is 9.92. The van der Waals surface area contributed by atoms with E-state index in [4.69, 9.17) is 19.3 Å². The Hall–Kier alpha value is -3.40. The average molecular weight is 552 g/mol. The zero-order valence-corrected chi connectivity index (χ0v) is 22.5. The van der Waals surface area contributed by atoms with Crippen LogP contribution in [0.15, 0.2) is 78.9 Å². The molecule has 3 aromatic carbocycles. The highest BCUT2D eigenvalue weighted by molar-refractivity contribution is 8.00. The summed E-state index contributed by atoms with van der Waals surface area (Å²) in [6.07, 6.45) is 0. The van der Waals surface area contributed by atoms with Gasteiger partial charge < -0.3 is 24.2 Å². The van der Waals surface area contributed by atoms with Crippen molar-refractivity contribution in [2.75, 3.05) is 30.5 Å². The highest BCUT2D eigenvalue weighted by Gasteiger charge is 2.51. The van der Waals surface area contributed by atoms with Crippen LogP contribution >= 0.6 is 11.8 Å². The van der Waals surface area contributed by atoms with Gasteiger partial charge in [-0.3, -0.25) is 4.79 Å². The Bertz CT molecular complexity index is 1310. The molecule has 2 saturated heterocycles. The van der Waals surface area contributed by atoms with E-state index in [9.17, 15) is 14.0 Å². The molecule has 0 spiro atoms. The highest BCUT2D eigenvalue weighted by Crippen LogP contribution is 2.48. The molecule has 5 rings (SSSR count). The summed E-state index contributed by atoms with van der Waals surface area (Å²) in [6, 6.07) is 22.3. The van der Waals surface area contributed by atoms with Crippen molar-refractivity contribution in [3.63, 3.8) is 0 Å². The number of nitrogens with zero attached hydrogens (tertiary/aromatic N) is 1. The summed E-state index contributed by atoms with van der Waals surface area (Å²) in [5.74, 6) is -1.71. The van der Waals surface area contributed by atoms with Crippen molar-refractivity contribution >= 4 is 29.3 Å². The topological polar surface area (TPSA) is 85.3 Å². The van der Waals surface area contributed by atoms with Gasteiger partial charge in [-0.25, -0.2) is 9.18 Å². The molecule has 2 fully saturated rings. The van der Waals surface area contributed by atoms with Crippen molar-refractivity contribution in [3.05, 3.63) is 95.8 Å². The van der Waals surface area contributed by atoms with Crippen LogP contribution in [0, 0.1) is 11.2 Å². The zero-order valence-electron chi connectivity index (χ0n) is 21.7. The molecule has 2 aliphatic heterocycles. The van der Waals surface area contributed by atoms with Gasteiger partial charge in [-0.2, -0.15) is 0 Å². The van der Waals surface area contributed by atoms with Gasteiger partial charge in [0.1, 0.15) is 16.8 Å². The van der Waals surface area contributed by atoms with E-state index in [0.29, 0.717) is 30.4 Å². The maximum atomic E-state index is 13.6. The van der Waals surface area contributed by atoms with Gasteiger partial charge in [-0.15, -0.1) is 11.8 Å². The number of carboxylic acid groups (broad SMARTS) is 1. The van der Waals surface area contributed by atoms with E-state index in [-0.39, 0.29) is 23.2 Å². The van der Waals surface area contributed by atoms with Crippen molar-refractivity contribution in [1.82, 2.24) is 0 Å². The average Bonchev–Trinajstić information content (AvgIpc) is 2.93. The molecule has 9 heteroatoms. The molecular weight excluding hydrogens is 521 g/mol. The lowest BCUT2D eigenvalue weighted by Crippen LogP contribution is -2.58. The fraction of sp³-hybridized carbons (Fsp3) is 0.333. The molecule has 0 aromatic heterocycles. The van der Waals surface area contributed by atoms with E-state index < -0.39 is 23.6 Å². The van der Waals surface area contributed by atoms with Crippen LogP contribution in [0.25, 0.3) is 0 Å². The summed E-state index contributed by atoms with van der Waals surface area (Å²) in [5, 5.41) is 8.45. The number of hydrogen-bond donors (Lipinski definition) is 1. The maximum absolute atomic E-state index is 13.6. The number of amides is 1. The minimum absolute atomic E-state index is 0.0952. The molecule has 2 aliphatic rings. The number of aliphatic carboxylic acids is 1. The van der Waals surface area contributed by atoms with Crippen molar-refractivity contribution in [3.8, 4) is 5.75 Å². The highest BCUT2D eigenvalue weighted by atomic mass is 32.2. The fourth-order valence-electron chi connectivity index (χ4n) is 4.68. The van der Waals surface area contributed by atoms with Crippen molar-refractivity contribution in [2.24, 2.45) is 5.41 Å². The molecule has 1 amide bonds. The van der Waals surface area contributed by atoms with E-state index in [0.717, 1.165) is 11.1 Å². The van der Waals surface area contributed by atoms with Gasteiger partial charge in [0.25, 0.3) is 0 Å². The Morgan fingerprint density at radius 1 is 1.03 bits per heavy atom. The summed E-state index contributed by atoms with van der Waals surface area (Å²) in [4.78, 5) is 26.0. The van der Waals surface area contributed by atoms with Crippen LogP contribution in [0.2, 0.25) is 0 Å². The Labute approximate surface area is 230 Å². The van der Waals surface area contributed by atoms with Crippen molar-refractivity contribution in [2.45, 2.75) is 30.9 Å². The molecule has 0 radical (unpaired) electrons. The van der Waals surface area contributed by atoms with Crippen molar-refractivity contribution < 1.29 is 33.3 Å². The Kier molecular flexibility index (Phi) is 7.66. The molecule has 204 valence electrons. The normalized spacial score (nSPS) is 21.7. The molecule has 0 aliphatic carbocycles. The zero-order chi connectivity index (χ0) is 27.6. The molecule has 3 aromatic rings. The van der Waals surface area contributed by atoms with Gasteiger partial charge in [0.05, 0.1) is 25.0 Å². The predicted octanol–water partition coefficient (Wildman–Crippen LogP) is 5.40. The van der Waals surface area contributed by atoms with Crippen molar-refractivity contribution in [1.29, 1.82) is 0 Å². The first-order valence-corrected chi connectivity index (χ1v) is 13.7. The van der Waals surface area contributed by atoms with E-state index in [1.165, 1.54) is 23.9 Å². The Balaban J connectivity index is 1.41. The summed E-state index contributed by atoms with van der Waals surface area (Å²) < 4.78 is 31.7. The van der Waals surface area contributed by atoms with Crippen LogP contribution in [-0.4, -0.2) is 47.8 Å². The lowest BCUT2D eigenvalue weighted by Gasteiger charge is -2.49. The van der Waals surface area contributed by atoms with Gasteiger partial charge in [0, 0.05) is 16.7 Å². The summed E-state index contributed by atoms with van der Waals surface area (Å²) in [7, 11) is 0. The Morgan fingerprint density at radius 3 is 2.28 bits per heavy atom. The first-order valence-electron chi connectivity index (χ1n) is 12.7. The number of carboxylic acids is 1. The van der Waals surface area contributed by atoms with E-state index >= 15 is 0 Å². The van der Waals surface area contributed by atoms with E-state index in [1.807, 2.05) is 42.5 Å². The molecule has 0 unspecified atom stereocenters. The van der Waals surface area contributed by atoms with E-state index in [2.05, 4.69) is 13.8 Å². The van der Waals surface area contributed by atoms with Crippen LogP contribution in [0.3, 0.4) is 0 Å². The third kappa shape index (κ3) is 5.80. The minimum Gasteiger partial charge on any atom is -0.482 e. The second-order valence-corrected chi connectivity index (χ2v) is 11.6. The van der Waals surface area contributed by atoms with Gasteiger partial charge in [0.2, 0.25) is 11.7 Å². The quantitative estimate of drug-likeness (QED) is 0.356. The SMILES string of the molecule is CC1(C)COC(CS[C@H]2C(=O)N(c3ccc(F)cc3)[C@@H]2c2ccc(OCC(=O)O)cc2)(c2ccccc2)OC1. The molecule has 2 heterocycles. The van der Waals surface area contributed by atoms with Gasteiger partial charge >= 0.3 is 5.97 Å². The van der Waals surface area contributed by atoms with Gasteiger partial charge in [-0.05, 0) is 42.0 Å². The number of halogens is 1. The van der Waals surface area contributed by atoms with Crippen LogP contribution in [0.1, 0.15) is 31.0 Å². The second kappa shape index (κ2) is 11.0. The number of anilines is 1. The molecule has 7 nitrogen and oxygen atoms in total.